The van der Waals surface area contributed by atoms with Crippen molar-refractivity contribution in [2.45, 2.75) is 6.54 Å². The Labute approximate surface area is 233 Å². The van der Waals surface area contributed by atoms with Crippen molar-refractivity contribution in [1.29, 1.82) is 0 Å². The number of nitrogens with one attached hydrogen (secondary N) is 2. The summed E-state index contributed by atoms with van der Waals surface area (Å²) in [4.78, 5) is 26.0. The lowest BCUT2D eigenvalue weighted by Crippen LogP contribution is -2.24. The molecule has 4 aromatic rings. The standard InChI is InChI=1S/C32H31N3O5/c1-38-25-15-13-23(14-16-25)26(18-22-10-17-29(39-2)30(19-22)40-3)32(37)34-20-21-8-11-24(12-9-21)31(36)35-28-7-5-4-6-27(28)33/h4-19H,20,33H2,1-3H3,(H,34,37)(H,35,36). The van der Waals surface area contributed by atoms with Crippen LogP contribution in [0.3, 0.4) is 0 Å². The van der Waals surface area contributed by atoms with Gasteiger partial charge in [0.2, 0.25) is 0 Å². The van der Waals surface area contributed by atoms with E-state index in [2.05, 4.69) is 10.6 Å². The average Bonchev–Trinajstić information content (AvgIpc) is 3.00. The molecule has 0 radical (unpaired) electrons. The maximum atomic E-state index is 13.4. The van der Waals surface area contributed by atoms with Gasteiger partial charge in [0, 0.05) is 17.7 Å². The minimum absolute atomic E-state index is 0.263. The molecule has 40 heavy (non-hydrogen) atoms. The van der Waals surface area contributed by atoms with E-state index >= 15 is 0 Å². The molecule has 0 aliphatic carbocycles. The van der Waals surface area contributed by atoms with Crippen molar-refractivity contribution in [2.75, 3.05) is 32.4 Å². The van der Waals surface area contributed by atoms with Crippen LogP contribution in [0.25, 0.3) is 11.6 Å². The van der Waals surface area contributed by atoms with Gasteiger partial charge in [0.1, 0.15) is 5.75 Å². The maximum Gasteiger partial charge on any atom is 0.255 e. The highest BCUT2D eigenvalue weighted by molar-refractivity contribution is 6.24. The van der Waals surface area contributed by atoms with Crippen LogP contribution in [0.15, 0.2) is 91.0 Å². The third kappa shape index (κ3) is 6.79. The van der Waals surface area contributed by atoms with Gasteiger partial charge in [0.25, 0.3) is 11.8 Å². The summed E-state index contributed by atoms with van der Waals surface area (Å²) in [5.74, 6) is 1.31. The van der Waals surface area contributed by atoms with E-state index in [0.717, 1.165) is 16.7 Å². The van der Waals surface area contributed by atoms with Gasteiger partial charge in [0.05, 0.1) is 32.7 Å². The number of carbonyl (C=O) groups is 2. The third-order valence-electron chi connectivity index (χ3n) is 6.24. The zero-order valence-corrected chi connectivity index (χ0v) is 22.6. The predicted octanol–water partition coefficient (Wildman–Crippen LogP) is 5.40. The zero-order valence-electron chi connectivity index (χ0n) is 22.6. The topological polar surface area (TPSA) is 112 Å². The normalized spacial score (nSPS) is 10.9. The van der Waals surface area contributed by atoms with Crippen molar-refractivity contribution < 1.29 is 23.8 Å². The summed E-state index contributed by atoms with van der Waals surface area (Å²) >= 11 is 0. The maximum absolute atomic E-state index is 13.4. The second-order valence-electron chi connectivity index (χ2n) is 8.82. The Morgan fingerprint density at radius 2 is 1.45 bits per heavy atom. The number of anilines is 2. The van der Waals surface area contributed by atoms with Crippen LogP contribution in [0.4, 0.5) is 11.4 Å². The Kier molecular flexibility index (Phi) is 9.04. The minimum atomic E-state index is -0.270. The quantitative estimate of drug-likeness (QED) is 0.142. The largest absolute Gasteiger partial charge is 0.497 e. The van der Waals surface area contributed by atoms with E-state index in [1.807, 2.05) is 24.3 Å². The van der Waals surface area contributed by atoms with Gasteiger partial charge in [-0.3, -0.25) is 9.59 Å². The second-order valence-corrected chi connectivity index (χ2v) is 8.82. The molecule has 0 unspecified atom stereocenters. The van der Waals surface area contributed by atoms with E-state index in [9.17, 15) is 9.59 Å². The molecule has 0 bridgehead atoms. The number of nitrogen functional groups attached to an aromatic ring is 1. The molecule has 4 rings (SSSR count). The SMILES string of the molecule is COc1ccc(C(=Cc2ccc(OC)c(OC)c2)C(=O)NCc2ccc(C(=O)Nc3ccccc3N)cc2)cc1. The van der Waals surface area contributed by atoms with Crippen molar-refractivity contribution in [2.24, 2.45) is 0 Å². The number of rotatable bonds is 10. The molecule has 0 saturated heterocycles. The molecule has 0 fully saturated rings. The van der Waals surface area contributed by atoms with Crippen LogP contribution in [0.1, 0.15) is 27.0 Å². The number of amides is 2. The molecule has 0 saturated carbocycles. The Morgan fingerprint density at radius 1 is 0.775 bits per heavy atom. The molecule has 8 heteroatoms. The van der Waals surface area contributed by atoms with Gasteiger partial charge < -0.3 is 30.6 Å². The molecular weight excluding hydrogens is 506 g/mol. The lowest BCUT2D eigenvalue weighted by atomic mass is 10.0. The number of para-hydroxylation sites is 2. The highest BCUT2D eigenvalue weighted by Crippen LogP contribution is 2.30. The van der Waals surface area contributed by atoms with Crippen LogP contribution >= 0.6 is 0 Å². The summed E-state index contributed by atoms with van der Waals surface area (Å²) in [7, 11) is 4.73. The molecule has 4 aromatic carbocycles. The van der Waals surface area contributed by atoms with Crippen LogP contribution in [-0.2, 0) is 11.3 Å². The summed E-state index contributed by atoms with van der Waals surface area (Å²) < 4.78 is 16.0. The Hall–Kier alpha value is -5.24. The first kappa shape index (κ1) is 27.8. The highest BCUT2D eigenvalue weighted by Gasteiger charge is 2.14. The van der Waals surface area contributed by atoms with Gasteiger partial charge in [0.15, 0.2) is 11.5 Å². The molecule has 0 aliphatic rings. The predicted molar refractivity (Wildman–Crippen MR) is 158 cm³/mol. The van der Waals surface area contributed by atoms with Gasteiger partial charge >= 0.3 is 0 Å². The lowest BCUT2D eigenvalue weighted by Gasteiger charge is -2.12. The van der Waals surface area contributed by atoms with Crippen LogP contribution in [0, 0.1) is 0 Å². The summed E-state index contributed by atoms with van der Waals surface area (Å²) in [6, 6.07) is 26.8. The first-order valence-corrected chi connectivity index (χ1v) is 12.5. The molecule has 0 atom stereocenters. The number of hydrogen-bond donors (Lipinski definition) is 3. The number of nitrogens with two attached hydrogens (primary N) is 1. The van der Waals surface area contributed by atoms with Gasteiger partial charge in [-0.15, -0.1) is 0 Å². The molecule has 0 heterocycles. The van der Waals surface area contributed by atoms with E-state index < -0.39 is 0 Å². The molecule has 204 valence electrons. The summed E-state index contributed by atoms with van der Waals surface area (Å²) in [6.45, 7) is 0.270. The number of methoxy groups -OCH3 is 3. The van der Waals surface area contributed by atoms with E-state index in [1.54, 1.807) is 94.1 Å². The minimum Gasteiger partial charge on any atom is -0.497 e. The van der Waals surface area contributed by atoms with Crippen molar-refractivity contribution in [3.05, 3.63) is 113 Å². The zero-order chi connectivity index (χ0) is 28.5. The summed E-state index contributed by atoms with van der Waals surface area (Å²) in [5.41, 5.74) is 10.2. The lowest BCUT2D eigenvalue weighted by molar-refractivity contribution is -0.115. The van der Waals surface area contributed by atoms with Crippen molar-refractivity contribution >= 4 is 34.8 Å². The number of hydrogen-bond acceptors (Lipinski definition) is 6. The molecule has 0 aliphatic heterocycles. The summed E-state index contributed by atoms with van der Waals surface area (Å²) in [5, 5.41) is 5.79. The first-order chi connectivity index (χ1) is 19.4. The van der Waals surface area contributed by atoms with Gasteiger partial charge in [-0.1, -0.05) is 42.5 Å². The van der Waals surface area contributed by atoms with Gasteiger partial charge in [-0.25, -0.2) is 0 Å². The van der Waals surface area contributed by atoms with E-state index in [-0.39, 0.29) is 18.4 Å². The fourth-order valence-corrected chi connectivity index (χ4v) is 4.02. The Balaban J connectivity index is 1.51. The van der Waals surface area contributed by atoms with E-state index in [1.165, 1.54) is 0 Å². The fourth-order valence-electron chi connectivity index (χ4n) is 4.02. The molecule has 0 aromatic heterocycles. The molecule has 4 N–H and O–H groups in total. The molecule has 0 spiro atoms. The number of carbonyl (C=O) groups excluding carboxylic acids is 2. The first-order valence-electron chi connectivity index (χ1n) is 12.5. The highest BCUT2D eigenvalue weighted by atomic mass is 16.5. The van der Waals surface area contributed by atoms with Crippen LogP contribution in [-0.4, -0.2) is 33.1 Å². The average molecular weight is 538 g/mol. The van der Waals surface area contributed by atoms with Crippen molar-refractivity contribution in [3.63, 3.8) is 0 Å². The van der Waals surface area contributed by atoms with Crippen LogP contribution < -0.4 is 30.6 Å². The Bertz CT molecular complexity index is 1510. The monoisotopic (exact) mass is 537 g/mol. The van der Waals surface area contributed by atoms with Gasteiger partial charge in [-0.05, 0) is 71.3 Å². The van der Waals surface area contributed by atoms with Crippen LogP contribution in [0.5, 0.6) is 17.2 Å². The van der Waals surface area contributed by atoms with Crippen molar-refractivity contribution in [1.82, 2.24) is 5.32 Å². The van der Waals surface area contributed by atoms with Gasteiger partial charge in [-0.2, -0.15) is 0 Å². The Morgan fingerprint density at radius 3 is 2.10 bits per heavy atom. The summed E-state index contributed by atoms with van der Waals surface area (Å²) in [6.07, 6.45) is 1.79. The number of ether oxygens (including phenoxy) is 3. The fraction of sp³-hybridized carbons (Fsp3) is 0.125. The smallest absolute Gasteiger partial charge is 0.255 e. The molecule has 2 amide bonds. The number of benzene rings is 4. The van der Waals surface area contributed by atoms with Crippen molar-refractivity contribution in [3.8, 4) is 17.2 Å². The molecular formula is C32H31N3O5. The second kappa shape index (κ2) is 13.0. The van der Waals surface area contributed by atoms with E-state index in [0.29, 0.717) is 39.8 Å². The van der Waals surface area contributed by atoms with Crippen LogP contribution in [0.2, 0.25) is 0 Å². The third-order valence-corrected chi connectivity index (χ3v) is 6.24. The molecule has 8 nitrogen and oxygen atoms in total. The van der Waals surface area contributed by atoms with E-state index in [4.69, 9.17) is 19.9 Å².